The molecule has 31 heavy (non-hydrogen) atoms. The van der Waals surface area contributed by atoms with Gasteiger partial charge in [0.05, 0.1) is 0 Å². The Bertz CT molecular complexity index is 597. The topological polar surface area (TPSA) is 52.3 Å². The molecule has 0 unspecified atom stereocenters. The van der Waals surface area contributed by atoms with Crippen molar-refractivity contribution in [3.8, 4) is 5.75 Å². The molecule has 0 spiro atoms. The highest BCUT2D eigenvalue weighted by molar-refractivity contribution is 5.69. The first kappa shape index (κ1) is 27.5. The van der Waals surface area contributed by atoms with Crippen LogP contribution in [0.3, 0.4) is 0 Å². The van der Waals surface area contributed by atoms with Crippen LogP contribution >= 0.6 is 0 Å². The van der Waals surface area contributed by atoms with Gasteiger partial charge in [0.1, 0.15) is 5.75 Å². The molecule has 0 radical (unpaired) electrons. The normalized spacial score (nSPS) is 11.1. The van der Waals surface area contributed by atoms with Gasteiger partial charge in [-0.1, -0.05) is 104 Å². The quantitative estimate of drug-likeness (QED) is 0.223. The van der Waals surface area contributed by atoms with Crippen molar-refractivity contribution in [1.29, 1.82) is 0 Å². The highest BCUT2D eigenvalue weighted by Gasteiger charge is 2.16. The zero-order chi connectivity index (χ0) is 22.7. The van der Waals surface area contributed by atoms with Crippen molar-refractivity contribution < 1.29 is 9.53 Å². The summed E-state index contributed by atoms with van der Waals surface area (Å²) in [4.78, 5) is 11.5. The second kappa shape index (κ2) is 18.1. The lowest BCUT2D eigenvalue weighted by Crippen LogP contribution is -2.18. The maximum absolute atomic E-state index is 11.5. The van der Waals surface area contributed by atoms with Crippen molar-refractivity contribution in [3.05, 3.63) is 28.8 Å². The van der Waals surface area contributed by atoms with E-state index in [9.17, 15) is 4.79 Å². The highest BCUT2D eigenvalue weighted by atomic mass is 16.5. The van der Waals surface area contributed by atoms with Crippen LogP contribution in [-0.4, -0.2) is 6.09 Å². The minimum atomic E-state index is -0.701. The molecule has 0 atom stereocenters. The number of hydrogen-bond acceptors (Lipinski definition) is 2. The van der Waals surface area contributed by atoms with E-state index in [-0.39, 0.29) is 0 Å². The third kappa shape index (κ3) is 12.2. The lowest BCUT2D eigenvalue weighted by Gasteiger charge is -2.19. The maximum atomic E-state index is 11.5. The molecule has 2 N–H and O–H groups in total. The maximum Gasteiger partial charge on any atom is 0.409 e. The molecule has 0 saturated heterocycles. The lowest BCUT2D eigenvalue weighted by atomic mass is 9.89. The summed E-state index contributed by atoms with van der Waals surface area (Å²) in [6.45, 7) is 6.78. The summed E-state index contributed by atoms with van der Waals surface area (Å²) in [5.41, 5.74) is 9.55. The van der Waals surface area contributed by atoms with Gasteiger partial charge in [0.15, 0.2) is 0 Å². The monoisotopic (exact) mass is 431 g/mol. The third-order valence-electron chi connectivity index (χ3n) is 6.31. The fourth-order valence-electron chi connectivity index (χ4n) is 4.47. The van der Waals surface area contributed by atoms with Crippen molar-refractivity contribution in [3.63, 3.8) is 0 Å². The predicted octanol–water partition coefficient (Wildman–Crippen LogP) is 8.68. The Morgan fingerprint density at radius 2 is 1.10 bits per heavy atom. The van der Waals surface area contributed by atoms with Crippen molar-refractivity contribution in [2.24, 2.45) is 5.73 Å². The zero-order valence-electron chi connectivity index (χ0n) is 20.8. The summed E-state index contributed by atoms with van der Waals surface area (Å²) in [5, 5.41) is 0. The Morgan fingerprint density at radius 3 is 1.58 bits per heavy atom. The van der Waals surface area contributed by atoms with E-state index in [1.165, 1.54) is 107 Å². The van der Waals surface area contributed by atoms with Gasteiger partial charge in [0, 0.05) is 0 Å². The van der Waals surface area contributed by atoms with E-state index in [1.54, 1.807) is 0 Å². The minimum absolute atomic E-state index is 0.696. The number of unbranched alkanes of at least 4 members (excludes halogenated alkanes) is 12. The molecule has 0 bridgehead atoms. The number of amides is 1. The molecule has 0 aliphatic heterocycles. The van der Waals surface area contributed by atoms with Crippen LogP contribution in [0.4, 0.5) is 4.79 Å². The minimum Gasteiger partial charge on any atom is -0.410 e. The molecule has 1 aromatic carbocycles. The van der Waals surface area contributed by atoms with E-state index in [2.05, 4.69) is 26.8 Å². The van der Waals surface area contributed by atoms with E-state index in [4.69, 9.17) is 10.5 Å². The number of ether oxygens (including phenoxy) is 1. The number of aryl methyl sites for hydroxylation is 1. The molecule has 0 aromatic heterocycles. The van der Waals surface area contributed by atoms with Crippen LogP contribution in [0.25, 0.3) is 0 Å². The van der Waals surface area contributed by atoms with Gasteiger partial charge in [-0.3, -0.25) is 0 Å². The van der Waals surface area contributed by atoms with E-state index >= 15 is 0 Å². The Morgan fingerprint density at radius 1 is 0.645 bits per heavy atom. The van der Waals surface area contributed by atoms with E-state index in [0.717, 1.165) is 25.7 Å². The van der Waals surface area contributed by atoms with Crippen LogP contribution in [0, 0.1) is 0 Å². The van der Waals surface area contributed by atoms with Crippen LogP contribution in [0.5, 0.6) is 5.75 Å². The summed E-state index contributed by atoms with van der Waals surface area (Å²) < 4.78 is 5.46. The second-order valence-corrected chi connectivity index (χ2v) is 9.09. The number of hydrogen-bond donors (Lipinski definition) is 1. The average Bonchev–Trinajstić information content (AvgIpc) is 2.75. The molecule has 3 heteroatoms. The molecule has 0 saturated carbocycles. The van der Waals surface area contributed by atoms with E-state index in [1.807, 2.05) is 6.07 Å². The lowest BCUT2D eigenvalue weighted by molar-refractivity contribution is 0.210. The van der Waals surface area contributed by atoms with Gasteiger partial charge < -0.3 is 10.5 Å². The van der Waals surface area contributed by atoms with E-state index < -0.39 is 6.09 Å². The number of benzene rings is 1. The van der Waals surface area contributed by atoms with Crippen LogP contribution in [0.2, 0.25) is 0 Å². The predicted molar refractivity (Wildman–Crippen MR) is 134 cm³/mol. The molecular weight excluding hydrogens is 382 g/mol. The Balaban J connectivity index is 2.97. The molecule has 1 aromatic rings. The van der Waals surface area contributed by atoms with Crippen LogP contribution in [-0.2, 0) is 19.3 Å². The van der Waals surface area contributed by atoms with Crippen molar-refractivity contribution in [2.45, 2.75) is 136 Å². The summed E-state index contributed by atoms with van der Waals surface area (Å²) in [6, 6.07) is 4.19. The molecule has 1 rings (SSSR count). The number of carbonyl (C=O) groups excluding carboxylic acids is 1. The van der Waals surface area contributed by atoms with Gasteiger partial charge in [-0.05, 0) is 61.3 Å². The van der Waals surface area contributed by atoms with Gasteiger partial charge in [-0.2, -0.15) is 0 Å². The van der Waals surface area contributed by atoms with Crippen LogP contribution < -0.4 is 10.5 Å². The first-order valence-electron chi connectivity index (χ1n) is 13.2. The van der Waals surface area contributed by atoms with Crippen molar-refractivity contribution in [1.82, 2.24) is 0 Å². The highest BCUT2D eigenvalue weighted by Crippen LogP contribution is 2.31. The fourth-order valence-corrected chi connectivity index (χ4v) is 4.47. The largest absolute Gasteiger partial charge is 0.410 e. The Labute approximate surface area is 192 Å². The third-order valence-corrected chi connectivity index (χ3v) is 6.31. The summed E-state index contributed by atoms with van der Waals surface area (Å²) >= 11 is 0. The Hall–Kier alpha value is -1.51. The summed E-state index contributed by atoms with van der Waals surface area (Å²) in [6.07, 6.45) is 21.6. The second-order valence-electron chi connectivity index (χ2n) is 9.09. The first-order chi connectivity index (χ1) is 15.1. The van der Waals surface area contributed by atoms with Gasteiger partial charge in [-0.25, -0.2) is 4.79 Å². The molecular formula is C28H49NO2. The number of rotatable bonds is 19. The smallest absolute Gasteiger partial charge is 0.409 e. The number of nitrogens with two attached hydrogens (primary N) is 1. The molecule has 0 heterocycles. The molecule has 3 nitrogen and oxygen atoms in total. The SMILES string of the molecule is CCCCCCCc1ccc(OC(N)=O)c(CCCCCCC)c1CCCCCCC. The van der Waals surface area contributed by atoms with Gasteiger partial charge in [0.25, 0.3) is 0 Å². The molecule has 0 aliphatic carbocycles. The number of primary amides is 1. The van der Waals surface area contributed by atoms with E-state index in [0.29, 0.717) is 5.75 Å². The first-order valence-corrected chi connectivity index (χ1v) is 13.2. The van der Waals surface area contributed by atoms with Crippen molar-refractivity contribution >= 4 is 6.09 Å². The average molecular weight is 432 g/mol. The molecule has 178 valence electrons. The number of carbonyl (C=O) groups is 1. The van der Waals surface area contributed by atoms with Gasteiger partial charge in [-0.15, -0.1) is 0 Å². The molecule has 0 aliphatic rings. The fraction of sp³-hybridized carbons (Fsp3) is 0.750. The Kier molecular flexibility index (Phi) is 16.1. The molecule has 0 fully saturated rings. The van der Waals surface area contributed by atoms with Crippen molar-refractivity contribution in [2.75, 3.05) is 0 Å². The molecule has 1 amide bonds. The van der Waals surface area contributed by atoms with Gasteiger partial charge in [0.2, 0.25) is 0 Å². The summed E-state index contributed by atoms with van der Waals surface area (Å²) in [5.74, 6) is 0.696. The van der Waals surface area contributed by atoms with Crippen LogP contribution in [0.1, 0.15) is 134 Å². The summed E-state index contributed by atoms with van der Waals surface area (Å²) in [7, 11) is 0. The van der Waals surface area contributed by atoms with Crippen LogP contribution in [0.15, 0.2) is 12.1 Å². The van der Waals surface area contributed by atoms with Gasteiger partial charge >= 0.3 is 6.09 Å². The standard InChI is InChI=1S/C28H49NO2/c1-4-7-10-13-16-19-24-22-23-27(31-28(29)30)26(21-18-15-12-9-6-3)25(24)20-17-14-11-8-5-2/h22-23H,4-21H2,1-3H3,(H2,29,30). The zero-order valence-corrected chi connectivity index (χ0v) is 20.8.